The predicted molar refractivity (Wildman–Crippen MR) is 236 cm³/mol. The van der Waals surface area contributed by atoms with Crippen LogP contribution in [-0.4, -0.2) is 23.1 Å². The second kappa shape index (κ2) is 17.7. The Morgan fingerprint density at radius 3 is 1.53 bits per heavy atom. The van der Waals surface area contributed by atoms with Crippen molar-refractivity contribution in [2.75, 3.05) is 0 Å². The molecule has 6 nitrogen and oxygen atoms in total. The van der Waals surface area contributed by atoms with Crippen LogP contribution in [0.5, 0.6) is 23.0 Å². The van der Waals surface area contributed by atoms with Crippen molar-refractivity contribution in [3.8, 4) is 34.1 Å². The molecule has 0 saturated heterocycles. The minimum atomic E-state index is -0.938. The van der Waals surface area contributed by atoms with Crippen LogP contribution in [0.15, 0.2) is 84.9 Å². The van der Waals surface area contributed by atoms with Crippen molar-refractivity contribution < 1.29 is 28.5 Å². The van der Waals surface area contributed by atoms with E-state index in [1.165, 1.54) is 17.5 Å². The Morgan fingerprint density at radius 2 is 1.07 bits per heavy atom. The van der Waals surface area contributed by atoms with Gasteiger partial charge < -0.3 is 18.9 Å². The first-order chi connectivity index (χ1) is 27.4. The molecule has 6 heteroatoms. The molecular weight excluding hydrogens is 721 g/mol. The van der Waals surface area contributed by atoms with Gasteiger partial charge in [-0.3, -0.25) is 9.59 Å². The molecule has 5 rings (SSSR count). The summed E-state index contributed by atoms with van der Waals surface area (Å²) in [6.07, 6.45) is 8.37. The second-order valence-corrected chi connectivity index (χ2v) is 18.3. The van der Waals surface area contributed by atoms with E-state index in [9.17, 15) is 9.59 Å². The largest absolute Gasteiger partial charge is 0.488 e. The van der Waals surface area contributed by atoms with E-state index >= 15 is 0 Å². The highest BCUT2D eigenvalue weighted by Crippen LogP contribution is 2.47. The molecule has 0 aliphatic heterocycles. The first-order valence-electron chi connectivity index (χ1n) is 21.6. The monoisotopic (exact) mass is 789 g/mol. The Kier molecular flexibility index (Phi) is 13.6. The molecular formula is C52H68O6. The van der Waals surface area contributed by atoms with Gasteiger partial charge in [0.2, 0.25) is 0 Å². The molecule has 1 fully saturated rings. The molecule has 58 heavy (non-hydrogen) atoms. The molecule has 0 N–H and O–H groups in total. The molecule has 1 saturated carbocycles. The van der Waals surface area contributed by atoms with Gasteiger partial charge in [-0.2, -0.15) is 0 Å². The second-order valence-electron chi connectivity index (χ2n) is 18.3. The number of hydrogen-bond acceptors (Lipinski definition) is 6. The number of carbonyl (C=O) groups is 2. The molecule has 1 aliphatic carbocycles. The lowest BCUT2D eigenvalue weighted by Gasteiger charge is -2.43. The average Bonchev–Trinajstić information content (AvgIpc) is 3.22. The van der Waals surface area contributed by atoms with Gasteiger partial charge in [0.1, 0.15) is 39.6 Å². The molecule has 2 unspecified atom stereocenters. The molecule has 1 aliphatic rings. The Hall–Kier alpha value is -4.58. The number of aryl methyl sites for hydroxylation is 2. The number of rotatable bonds is 16. The van der Waals surface area contributed by atoms with Crippen LogP contribution in [0, 0.1) is 24.7 Å². The van der Waals surface area contributed by atoms with Crippen molar-refractivity contribution in [3.63, 3.8) is 0 Å². The van der Waals surface area contributed by atoms with Gasteiger partial charge in [0.05, 0.1) is 5.41 Å². The molecule has 0 aromatic heterocycles. The summed E-state index contributed by atoms with van der Waals surface area (Å²) < 4.78 is 25.1. The first kappa shape index (κ1) is 44.5. The lowest BCUT2D eigenvalue weighted by Crippen LogP contribution is -2.54. The summed E-state index contributed by atoms with van der Waals surface area (Å²) in [6.45, 7) is 24.3. The number of benzene rings is 4. The van der Waals surface area contributed by atoms with E-state index in [-0.39, 0.29) is 23.0 Å². The molecule has 0 amide bonds. The smallest absolute Gasteiger partial charge is 0.321 e. The standard InChI is InChI=1S/C52H68O6/c1-13-48(7,8)46(53)55-42-26-22-40(23-27-42)52(32-18-17-19-33-52)41-24-28-43(29-25-41)57-51(12,16-4)50(11,15-3)47(54)56-44-30-20-38(34-36(44)5)39-21-31-45(37(6)35-39)58-49(9,10)14-2/h20-31,34-35H,13-19,32-33H2,1-12H3. The van der Waals surface area contributed by atoms with E-state index in [0.717, 1.165) is 65.9 Å². The molecule has 0 heterocycles. The van der Waals surface area contributed by atoms with Crippen molar-refractivity contribution in [1.82, 2.24) is 0 Å². The maximum absolute atomic E-state index is 14.3. The minimum absolute atomic E-state index is 0.145. The van der Waals surface area contributed by atoms with E-state index in [4.69, 9.17) is 18.9 Å². The van der Waals surface area contributed by atoms with Crippen LogP contribution in [0.3, 0.4) is 0 Å². The summed E-state index contributed by atoms with van der Waals surface area (Å²) in [5, 5.41) is 0. The molecule has 0 radical (unpaired) electrons. The summed E-state index contributed by atoms with van der Waals surface area (Å²) in [5.74, 6) is 2.21. The fourth-order valence-electron chi connectivity index (χ4n) is 8.01. The van der Waals surface area contributed by atoms with E-state index in [1.807, 2.05) is 78.8 Å². The van der Waals surface area contributed by atoms with Crippen molar-refractivity contribution in [2.45, 2.75) is 157 Å². The highest BCUT2D eigenvalue weighted by atomic mass is 16.5. The van der Waals surface area contributed by atoms with Gasteiger partial charge in [0.25, 0.3) is 0 Å². The van der Waals surface area contributed by atoms with Gasteiger partial charge >= 0.3 is 11.9 Å². The van der Waals surface area contributed by atoms with Crippen LogP contribution >= 0.6 is 0 Å². The van der Waals surface area contributed by atoms with E-state index < -0.39 is 16.4 Å². The van der Waals surface area contributed by atoms with Gasteiger partial charge in [-0.25, -0.2) is 0 Å². The Morgan fingerprint density at radius 1 is 0.552 bits per heavy atom. The zero-order chi connectivity index (χ0) is 42.5. The van der Waals surface area contributed by atoms with Crippen molar-refractivity contribution in [3.05, 3.63) is 107 Å². The van der Waals surface area contributed by atoms with Crippen molar-refractivity contribution >= 4 is 11.9 Å². The number of carbonyl (C=O) groups excluding carboxylic acids is 2. The third-order valence-electron chi connectivity index (χ3n) is 13.6. The average molecular weight is 789 g/mol. The Balaban J connectivity index is 1.33. The lowest BCUT2D eigenvalue weighted by molar-refractivity contribution is -0.159. The molecule has 312 valence electrons. The maximum Gasteiger partial charge on any atom is 0.321 e. The summed E-state index contributed by atoms with van der Waals surface area (Å²) >= 11 is 0. The fourth-order valence-corrected chi connectivity index (χ4v) is 8.01. The van der Waals surface area contributed by atoms with Gasteiger partial charge in [-0.05, 0) is 176 Å². The van der Waals surface area contributed by atoms with Crippen molar-refractivity contribution in [1.29, 1.82) is 0 Å². The molecule has 2 atom stereocenters. The van der Waals surface area contributed by atoms with Gasteiger partial charge in [0.15, 0.2) is 0 Å². The molecule has 0 spiro atoms. The lowest BCUT2D eigenvalue weighted by atomic mass is 9.65. The molecule has 4 aromatic rings. The number of hydrogen-bond donors (Lipinski definition) is 0. The van der Waals surface area contributed by atoms with Crippen LogP contribution in [0.2, 0.25) is 0 Å². The quantitative estimate of drug-likeness (QED) is 0.0832. The predicted octanol–water partition coefficient (Wildman–Crippen LogP) is 13.7. The summed E-state index contributed by atoms with van der Waals surface area (Å²) in [5.41, 5.74) is 3.88. The number of esters is 2. The minimum Gasteiger partial charge on any atom is -0.488 e. The van der Waals surface area contributed by atoms with Crippen LogP contribution in [0.25, 0.3) is 11.1 Å². The topological polar surface area (TPSA) is 71.1 Å². The summed E-state index contributed by atoms with van der Waals surface area (Å²) in [4.78, 5) is 27.0. The highest BCUT2D eigenvalue weighted by Gasteiger charge is 2.51. The van der Waals surface area contributed by atoms with Crippen LogP contribution in [0.1, 0.15) is 149 Å². The fraction of sp³-hybridized carbons (Fsp3) is 0.500. The SMILES string of the molecule is CCC(C)(C)Oc1ccc(-c2ccc(OC(=O)C(C)(CC)C(C)(CC)Oc3ccc(C4(c5ccc(OC(=O)C(C)(C)CC)cc5)CCCCC4)cc3)c(C)c2)cc1C. The van der Waals surface area contributed by atoms with Crippen molar-refractivity contribution in [2.24, 2.45) is 10.8 Å². The van der Waals surface area contributed by atoms with Gasteiger partial charge in [0, 0.05) is 5.41 Å². The van der Waals surface area contributed by atoms with E-state index in [2.05, 4.69) is 89.2 Å². The van der Waals surface area contributed by atoms with Gasteiger partial charge in [-0.15, -0.1) is 0 Å². The normalized spacial score (nSPS) is 16.4. The Labute approximate surface area is 349 Å². The maximum atomic E-state index is 14.3. The summed E-state index contributed by atoms with van der Waals surface area (Å²) in [6, 6.07) is 28.9. The third kappa shape index (κ3) is 9.32. The Bertz CT molecular complexity index is 2040. The highest BCUT2D eigenvalue weighted by molar-refractivity contribution is 5.81. The first-order valence-corrected chi connectivity index (χ1v) is 21.6. The molecule has 0 bridgehead atoms. The zero-order valence-electron chi connectivity index (χ0n) is 37.4. The van der Waals surface area contributed by atoms with Crippen LogP contribution in [-0.2, 0) is 15.0 Å². The number of ether oxygens (including phenoxy) is 4. The van der Waals surface area contributed by atoms with Crippen LogP contribution in [0.4, 0.5) is 0 Å². The third-order valence-corrected chi connectivity index (χ3v) is 13.6. The summed E-state index contributed by atoms with van der Waals surface area (Å²) in [7, 11) is 0. The zero-order valence-corrected chi connectivity index (χ0v) is 37.4. The van der Waals surface area contributed by atoms with E-state index in [1.54, 1.807) is 0 Å². The van der Waals surface area contributed by atoms with Crippen LogP contribution < -0.4 is 18.9 Å². The van der Waals surface area contributed by atoms with Gasteiger partial charge in [-0.1, -0.05) is 83.4 Å². The van der Waals surface area contributed by atoms with E-state index in [0.29, 0.717) is 30.8 Å². The molecule has 4 aromatic carbocycles.